The van der Waals surface area contributed by atoms with E-state index in [4.69, 9.17) is 0 Å². The van der Waals surface area contributed by atoms with Gasteiger partial charge in [0.1, 0.15) is 11.9 Å². The summed E-state index contributed by atoms with van der Waals surface area (Å²) in [6.07, 6.45) is 0.198. The Balaban J connectivity index is 0.00000128. The van der Waals surface area contributed by atoms with E-state index in [1.165, 1.54) is 0 Å². The Morgan fingerprint density at radius 2 is 2.12 bits per heavy atom. The lowest BCUT2D eigenvalue weighted by molar-refractivity contribution is 0.162. The predicted octanol–water partition coefficient (Wildman–Crippen LogP) is 2.75. The van der Waals surface area contributed by atoms with Crippen molar-refractivity contribution in [3.05, 3.63) is 29.8 Å². The number of hydrogen-bond acceptors (Lipinski definition) is 2. The summed E-state index contributed by atoms with van der Waals surface area (Å²) in [5, 5.41) is 13.0. The summed E-state index contributed by atoms with van der Waals surface area (Å²) in [6, 6.07) is 7.13. The van der Waals surface area contributed by atoms with Crippen LogP contribution >= 0.6 is 12.4 Å². The first-order valence-electron chi connectivity index (χ1n) is 5.29. The first-order valence-corrected chi connectivity index (χ1v) is 5.29. The lowest BCUT2D eigenvalue weighted by Crippen LogP contribution is -2.47. The molecule has 0 aromatic heterocycles. The normalized spacial score (nSPS) is 29.5. The molecule has 2 rings (SSSR count). The van der Waals surface area contributed by atoms with Crippen molar-refractivity contribution in [1.29, 1.82) is 0 Å². The van der Waals surface area contributed by atoms with Crippen molar-refractivity contribution in [2.24, 2.45) is 0 Å². The second-order valence-corrected chi connectivity index (χ2v) is 4.37. The van der Waals surface area contributed by atoms with Crippen LogP contribution in [0.5, 0.6) is 5.75 Å². The van der Waals surface area contributed by atoms with Gasteiger partial charge in [-0.2, -0.15) is 0 Å². The van der Waals surface area contributed by atoms with E-state index >= 15 is 0 Å². The monoisotopic (exact) mass is 245 g/mol. The number of phenolic OH excluding ortho intramolecular Hbond substituents is 1. The minimum absolute atomic E-state index is 0. The molecule has 1 aromatic rings. The molecule has 1 aliphatic rings. The Labute approximate surface area is 101 Å². The number of hydrogen-bond donors (Lipinski definition) is 2. The molecule has 1 aliphatic heterocycles. The fraction of sp³-hybridized carbons (Fsp3) is 0.500. The highest BCUT2D eigenvalue weighted by Crippen LogP contribution is 2.35. The molecular weight excluding hydrogens is 229 g/mol. The van der Waals surface area contributed by atoms with Crippen molar-refractivity contribution >= 4 is 12.4 Å². The largest absolute Gasteiger partial charge is 0.508 e. The summed E-state index contributed by atoms with van der Waals surface area (Å²) in [4.78, 5) is 0. The van der Waals surface area contributed by atoms with Crippen LogP contribution < -0.4 is 5.32 Å². The zero-order valence-electron chi connectivity index (χ0n) is 9.24. The highest BCUT2D eigenvalue weighted by molar-refractivity contribution is 5.85. The van der Waals surface area contributed by atoms with E-state index in [1.54, 1.807) is 12.1 Å². The van der Waals surface area contributed by atoms with Gasteiger partial charge in [0.05, 0.1) is 0 Å². The maximum atomic E-state index is 13.4. The van der Waals surface area contributed by atoms with E-state index in [2.05, 4.69) is 5.32 Å². The number of aromatic hydroxyl groups is 1. The summed E-state index contributed by atoms with van der Waals surface area (Å²) in [5.41, 5.74) is 0.343. The van der Waals surface area contributed by atoms with Crippen molar-refractivity contribution in [2.45, 2.75) is 31.5 Å². The second kappa shape index (κ2) is 5.02. The van der Waals surface area contributed by atoms with Crippen LogP contribution in [0.2, 0.25) is 0 Å². The number of nitrogens with one attached hydrogen (secondary N) is 1. The van der Waals surface area contributed by atoms with Crippen molar-refractivity contribution in [3.63, 3.8) is 0 Å². The minimum atomic E-state index is -0.782. The molecule has 1 saturated heterocycles. The zero-order chi connectivity index (χ0) is 10.9. The topological polar surface area (TPSA) is 32.3 Å². The standard InChI is InChI=1S/C12H16FNO.ClH/c1-12(8-9(13)6-7-14-12)10-4-2-3-5-11(10)15;/h2-5,9,14-15H,6-8H2,1H3;1H. The summed E-state index contributed by atoms with van der Waals surface area (Å²) in [6.45, 7) is 2.60. The van der Waals surface area contributed by atoms with Crippen LogP contribution in [-0.4, -0.2) is 17.8 Å². The van der Waals surface area contributed by atoms with E-state index in [1.807, 2.05) is 19.1 Å². The summed E-state index contributed by atoms with van der Waals surface area (Å²) in [5.74, 6) is 0.238. The smallest absolute Gasteiger partial charge is 0.120 e. The van der Waals surface area contributed by atoms with Crippen molar-refractivity contribution < 1.29 is 9.50 Å². The molecule has 2 N–H and O–H groups in total. The first-order chi connectivity index (χ1) is 7.12. The molecule has 0 radical (unpaired) electrons. The number of halogens is 2. The molecule has 16 heavy (non-hydrogen) atoms. The number of para-hydroxylation sites is 1. The molecule has 2 nitrogen and oxygen atoms in total. The van der Waals surface area contributed by atoms with Gasteiger partial charge < -0.3 is 10.4 Å². The van der Waals surface area contributed by atoms with Gasteiger partial charge in [-0.1, -0.05) is 18.2 Å². The highest BCUT2D eigenvalue weighted by atomic mass is 35.5. The molecule has 1 fully saturated rings. The van der Waals surface area contributed by atoms with Gasteiger partial charge in [-0.15, -0.1) is 12.4 Å². The minimum Gasteiger partial charge on any atom is -0.508 e. The fourth-order valence-corrected chi connectivity index (χ4v) is 2.27. The number of rotatable bonds is 1. The van der Waals surface area contributed by atoms with Gasteiger partial charge in [-0.05, 0) is 26.0 Å². The van der Waals surface area contributed by atoms with Gasteiger partial charge >= 0.3 is 0 Å². The van der Waals surface area contributed by atoms with Crippen LogP contribution in [-0.2, 0) is 5.54 Å². The van der Waals surface area contributed by atoms with E-state index < -0.39 is 11.7 Å². The molecule has 0 amide bonds. The van der Waals surface area contributed by atoms with E-state index in [0.29, 0.717) is 19.4 Å². The fourth-order valence-electron chi connectivity index (χ4n) is 2.27. The van der Waals surface area contributed by atoms with Crippen LogP contribution in [0.3, 0.4) is 0 Å². The SMILES string of the molecule is CC1(c2ccccc2O)CC(F)CCN1.Cl. The van der Waals surface area contributed by atoms with Gasteiger partial charge in [0.2, 0.25) is 0 Å². The van der Waals surface area contributed by atoms with Crippen LogP contribution in [0.25, 0.3) is 0 Å². The average Bonchev–Trinajstić information content (AvgIpc) is 2.17. The predicted molar refractivity (Wildman–Crippen MR) is 64.8 cm³/mol. The van der Waals surface area contributed by atoms with Crippen LogP contribution in [0.4, 0.5) is 4.39 Å². The lowest BCUT2D eigenvalue weighted by Gasteiger charge is -2.37. The Morgan fingerprint density at radius 3 is 2.75 bits per heavy atom. The Bertz CT molecular complexity index is 361. The molecule has 0 spiro atoms. The van der Waals surface area contributed by atoms with Crippen LogP contribution in [0.15, 0.2) is 24.3 Å². The number of piperidine rings is 1. The van der Waals surface area contributed by atoms with E-state index in [0.717, 1.165) is 5.56 Å². The van der Waals surface area contributed by atoms with Crippen molar-refractivity contribution in [2.75, 3.05) is 6.54 Å². The van der Waals surface area contributed by atoms with Gasteiger partial charge in [-0.3, -0.25) is 0 Å². The molecule has 1 aromatic carbocycles. The molecule has 2 unspecified atom stereocenters. The Kier molecular flexibility index (Phi) is 4.16. The molecule has 1 heterocycles. The Hall–Kier alpha value is -0.800. The Morgan fingerprint density at radius 1 is 1.44 bits per heavy atom. The van der Waals surface area contributed by atoms with Crippen molar-refractivity contribution in [3.8, 4) is 5.75 Å². The van der Waals surface area contributed by atoms with Crippen LogP contribution in [0.1, 0.15) is 25.3 Å². The van der Waals surface area contributed by atoms with Gasteiger partial charge in [0.25, 0.3) is 0 Å². The molecule has 4 heteroatoms. The number of phenols is 1. The number of alkyl halides is 1. The van der Waals surface area contributed by atoms with Crippen molar-refractivity contribution in [1.82, 2.24) is 5.32 Å². The first kappa shape index (κ1) is 13.3. The van der Waals surface area contributed by atoms with Gasteiger partial charge in [-0.25, -0.2) is 4.39 Å². The third-order valence-electron chi connectivity index (χ3n) is 3.10. The lowest BCUT2D eigenvalue weighted by atomic mass is 9.83. The molecule has 0 aliphatic carbocycles. The maximum Gasteiger partial charge on any atom is 0.120 e. The third kappa shape index (κ3) is 2.47. The maximum absolute atomic E-state index is 13.4. The summed E-state index contributed by atoms with van der Waals surface area (Å²) < 4.78 is 13.4. The molecule has 0 bridgehead atoms. The third-order valence-corrected chi connectivity index (χ3v) is 3.10. The number of benzene rings is 1. The van der Waals surface area contributed by atoms with Gasteiger partial charge in [0.15, 0.2) is 0 Å². The molecule has 2 atom stereocenters. The molecule has 0 saturated carbocycles. The molecular formula is C12H17ClFNO. The van der Waals surface area contributed by atoms with E-state index in [9.17, 15) is 9.50 Å². The average molecular weight is 246 g/mol. The quantitative estimate of drug-likeness (QED) is 0.798. The molecule has 90 valence electrons. The summed E-state index contributed by atoms with van der Waals surface area (Å²) >= 11 is 0. The highest BCUT2D eigenvalue weighted by Gasteiger charge is 2.34. The summed E-state index contributed by atoms with van der Waals surface area (Å²) in [7, 11) is 0. The zero-order valence-corrected chi connectivity index (χ0v) is 10.1. The van der Waals surface area contributed by atoms with Crippen LogP contribution in [0, 0.1) is 0 Å². The van der Waals surface area contributed by atoms with E-state index in [-0.39, 0.29) is 18.2 Å². The second-order valence-electron chi connectivity index (χ2n) is 4.37. The van der Waals surface area contributed by atoms with Gasteiger partial charge in [0, 0.05) is 17.5 Å².